The van der Waals surface area contributed by atoms with Crippen molar-refractivity contribution in [3.63, 3.8) is 0 Å². The van der Waals surface area contributed by atoms with E-state index in [0.717, 1.165) is 38.9 Å². The van der Waals surface area contributed by atoms with E-state index < -0.39 is 5.97 Å². The Bertz CT molecular complexity index is 1070. The van der Waals surface area contributed by atoms with Gasteiger partial charge in [0.2, 0.25) is 0 Å². The fourth-order valence-corrected chi connectivity index (χ4v) is 3.01. The fourth-order valence-electron chi connectivity index (χ4n) is 3.01. The summed E-state index contributed by atoms with van der Waals surface area (Å²) in [4.78, 5) is 24.0. The molecule has 0 saturated carbocycles. The van der Waals surface area contributed by atoms with Gasteiger partial charge in [-0.05, 0) is 65.6 Å². The van der Waals surface area contributed by atoms with Gasteiger partial charge in [-0.1, -0.05) is 36.4 Å². The third-order valence-electron chi connectivity index (χ3n) is 4.57. The molecule has 148 valence electrons. The molecule has 1 amide bonds. The first kappa shape index (κ1) is 20.1. The second kappa shape index (κ2) is 9.06. The second-order valence-corrected chi connectivity index (χ2v) is 6.73. The van der Waals surface area contributed by atoms with Gasteiger partial charge in [0.1, 0.15) is 5.75 Å². The molecule has 0 radical (unpaired) electrons. The average Bonchev–Trinajstić information content (AvgIpc) is 2.73. The molecule has 0 aliphatic rings. The third kappa shape index (κ3) is 5.23. The number of hydrogen-bond donors (Lipinski definition) is 1. The van der Waals surface area contributed by atoms with Gasteiger partial charge in [-0.2, -0.15) is 0 Å². The molecule has 0 unspecified atom stereocenters. The number of esters is 1. The highest BCUT2D eigenvalue weighted by atomic mass is 16.5. The number of methoxy groups -OCH3 is 1. The van der Waals surface area contributed by atoms with Gasteiger partial charge < -0.3 is 14.8 Å². The normalized spacial score (nSPS) is 10.9. The van der Waals surface area contributed by atoms with Crippen LogP contribution in [0.3, 0.4) is 0 Å². The van der Waals surface area contributed by atoms with E-state index >= 15 is 0 Å². The predicted molar refractivity (Wildman–Crippen MR) is 115 cm³/mol. The van der Waals surface area contributed by atoms with Gasteiger partial charge in [-0.3, -0.25) is 4.79 Å². The lowest BCUT2D eigenvalue weighted by molar-refractivity contribution is -0.142. The molecule has 5 heteroatoms. The van der Waals surface area contributed by atoms with Crippen LogP contribution in [-0.2, 0) is 14.3 Å². The van der Waals surface area contributed by atoms with E-state index in [1.165, 1.54) is 6.08 Å². The molecule has 0 bridgehead atoms. The van der Waals surface area contributed by atoms with Crippen LogP contribution in [-0.4, -0.2) is 25.6 Å². The summed E-state index contributed by atoms with van der Waals surface area (Å²) in [5.74, 6) is -0.149. The quantitative estimate of drug-likeness (QED) is 0.492. The van der Waals surface area contributed by atoms with Gasteiger partial charge in [0.25, 0.3) is 5.91 Å². The molecule has 3 aromatic carbocycles. The first-order chi connectivity index (χ1) is 14.0. The highest BCUT2D eigenvalue weighted by Gasteiger charge is 2.09. The number of nitrogens with one attached hydrogen (secondary N) is 1. The largest absolute Gasteiger partial charge is 0.497 e. The SMILES string of the molecule is COc1ccc2cc(/C=C/C(=O)OCC(=O)Nc3c(C)cccc3C)ccc2c1. The van der Waals surface area contributed by atoms with E-state index in [2.05, 4.69) is 5.32 Å². The molecule has 0 saturated heterocycles. The second-order valence-electron chi connectivity index (χ2n) is 6.73. The van der Waals surface area contributed by atoms with Crippen molar-refractivity contribution in [1.82, 2.24) is 0 Å². The lowest BCUT2D eigenvalue weighted by Crippen LogP contribution is -2.21. The van der Waals surface area contributed by atoms with Crippen LogP contribution in [0, 0.1) is 13.8 Å². The lowest BCUT2D eigenvalue weighted by Gasteiger charge is -2.11. The van der Waals surface area contributed by atoms with Gasteiger partial charge in [0.05, 0.1) is 7.11 Å². The molecule has 0 aliphatic carbocycles. The summed E-state index contributed by atoms with van der Waals surface area (Å²) in [5, 5.41) is 4.87. The Kier molecular flexibility index (Phi) is 6.29. The zero-order valence-corrected chi connectivity index (χ0v) is 16.7. The number of carbonyl (C=O) groups excluding carboxylic acids is 2. The molecular formula is C24H23NO4. The highest BCUT2D eigenvalue weighted by Crippen LogP contribution is 2.22. The number of aryl methyl sites for hydroxylation is 2. The van der Waals surface area contributed by atoms with Crippen molar-refractivity contribution in [1.29, 1.82) is 0 Å². The van der Waals surface area contributed by atoms with Crippen molar-refractivity contribution in [3.05, 3.63) is 77.4 Å². The summed E-state index contributed by atoms with van der Waals surface area (Å²) in [5.41, 5.74) is 3.52. The van der Waals surface area contributed by atoms with Crippen LogP contribution < -0.4 is 10.1 Å². The Morgan fingerprint density at radius 1 is 0.966 bits per heavy atom. The molecular weight excluding hydrogens is 366 g/mol. The van der Waals surface area contributed by atoms with Crippen LogP contribution in [0.25, 0.3) is 16.8 Å². The first-order valence-corrected chi connectivity index (χ1v) is 9.25. The molecule has 0 aliphatic heterocycles. The Morgan fingerprint density at radius 3 is 2.38 bits per heavy atom. The predicted octanol–water partition coefficient (Wildman–Crippen LogP) is 4.66. The Morgan fingerprint density at radius 2 is 1.66 bits per heavy atom. The van der Waals surface area contributed by atoms with Crippen LogP contribution >= 0.6 is 0 Å². The van der Waals surface area contributed by atoms with Gasteiger partial charge in [-0.25, -0.2) is 4.79 Å². The third-order valence-corrected chi connectivity index (χ3v) is 4.57. The van der Waals surface area contributed by atoms with Crippen molar-refractivity contribution in [2.45, 2.75) is 13.8 Å². The minimum Gasteiger partial charge on any atom is -0.497 e. The maximum atomic E-state index is 12.1. The zero-order valence-electron chi connectivity index (χ0n) is 16.7. The molecule has 3 aromatic rings. The van der Waals surface area contributed by atoms with Crippen LogP contribution in [0.1, 0.15) is 16.7 Å². The maximum absolute atomic E-state index is 12.1. The molecule has 1 N–H and O–H groups in total. The number of ether oxygens (including phenoxy) is 2. The fraction of sp³-hybridized carbons (Fsp3) is 0.167. The number of amides is 1. The summed E-state index contributed by atoms with van der Waals surface area (Å²) in [6.45, 7) is 3.49. The lowest BCUT2D eigenvalue weighted by atomic mass is 10.1. The number of rotatable bonds is 6. The van der Waals surface area contributed by atoms with Crippen LogP contribution in [0.2, 0.25) is 0 Å². The van der Waals surface area contributed by atoms with Crippen molar-refractivity contribution in [2.24, 2.45) is 0 Å². The average molecular weight is 389 g/mol. The van der Waals surface area contributed by atoms with E-state index in [9.17, 15) is 9.59 Å². The smallest absolute Gasteiger partial charge is 0.331 e. The van der Waals surface area contributed by atoms with Crippen molar-refractivity contribution >= 4 is 34.4 Å². The Labute approximate surface area is 170 Å². The summed E-state index contributed by atoms with van der Waals surface area (Å²) in [6, 6.07) is 17.4. The monoisotopic (exact) mass is 389 g/mol. The number of fused-ring (bicyclic) bond motifs is 1. The Balaban J connectivity index is 1.57. The van der Waals surface area contributed by atoms with E-state index in [4.69, 9.17) is 9.47 Å². The molecule has 0 spiro atoms. The van der Waals surface area contributed by atoms with Gasteiger partial charge in [0.15, 0.2) is 6.61 Å². The van der Waals surface area contributed by atoms with Crippen molar-refractivity contribution < 1.29 is 19.1 Å². The summed E-state index contributed by atoms with van der Waals surface area (Å²) in [7, 11) is 1.63. The van der Waals surface area contributed by atoms with Gasteiger partial charge in [0, 0.05) is 11.8 Å². The number of para-hydroxylation sites is 1. The Hall–Kier alpha value is -3.60. The number of carbonyl (C=O) groups is 2. The molecule has 5 nitrogen and oxygen atoms in total. The van der Waals surface area contributed by atoms with E-state index in [-0.39, 0.29) is 12.5 Å². The zero-order chi connectivity index (χ0) is 20.8. The van der Waals surface area contributed by atoms with Crippen molar-refractivity contribution in [3.8, 4) is 5.75 Å². The van der Waals surface area contributed by atoms with E-state index in [1.54, 1.807) is 13.2 Å². The highest BCUT2D eigenvalue weighted by molar-refractivity contribution is 5.96. The van der Waals surface area contributed by atoms with Crippen LogP contribution in [0.15, 0.2) is 60.7 Å². The maximum Gasteiger partial charge on any atom is 0.331 e. The molecule has 0 fully saturated rings. The molecule has 0 heterocycles. The van der Waals surface area contributed by atoms with E-state index in [1.807, 2.05) is 68.4 Å². The van der Waals surface area contributed by atoms with Gasteiger partial charge in [-0.15, -0.1) is 0 Å². The number of hydrogen-bond acceptors (Lipinski definition) is 4. The number of benzene rings is 3. The molecule has 3 rings (SSSR count). The molecule has 29 heavy (non-hydrogen) atoms. The minimum absolute atomic E-state index is 0.339. The summed E-state index contributed by atoms with van der Waals surface area (Å²) in [6.07, 6.45) is 2.98. The molecule has 0 aromatic heterocycles. The van der Waals surface area contributed by atoms with E-state index in [0.29, 0.717) is 0 Å². The van der Waals surface area contributed by atoms with Gasteiger partial charge >= 0.3 is 5.97 Å². The minimum atomic E-state index is -0.573. The standard InChI is InChI=1S/C24H23NO4/c1-16-5-4-6-17(2)24(16)25-22(26)15-29-23(27)12-8-18-7-9-20-14-21(28-3)11-10-19(20)13-18/h4-14H,15H2,1-3H3,(H,25,26)/b12-8+. The van der Waals surface area contributed by atoms with Crippen LogP contribution in [0.5, 0.6) is 5.75 Å². The number of anilines is 1. The summed E-state index contributed by atoms with van der Waals surface area (Å²) >= 11 is 0. The van der Waals surface area contributed by atoms with Crippen LogP contribution in [0.4, 0.5) is 5.69 Å². The molecule has 0 atom stereocenters. The first-order valence-electron chi connectivity index (χ1n) is 9.25. The topological polar surface area (TPSA) is 64.6 Å². The van der Waals surface area contributed by atoms with Crippen molar-refractivity contribution in [2.75, 3.05) is 19.0 Å². The summed E-state index contributed by atoms with van der Waals surface area (Å²) < 4.78 is 10.3.